The molecule has 0 aromatic heterocycles. The number of benzene rings is 1. The van der Waals surface area contributed by atoms with Gasteiger partial charge in [-0.3, -0.25) is 0 Å². The lowest BCUT2D eigenvalue weighted by Crippen LogP contribution is -2.25. The quantitative estimate of drug-likeness (QED) is 0.449. The lowest BCUT2D eigenvalue weighted by Gasteiger charge is -2.22. The molecule has 1 N–H and O–H groups in total. The van der Waals surface area contributed by atoms with Gasteiger partial charge in [0.15, 0.2) is 0 Å². The van der Waals surface area contributed by atoms with Crippen LogP contribution in [-0.2, 0) is 9.53 Å². The van der Waals surface area contributed by atoms with Gasteiger partial charge in [0.2, 0.25) is 34.5 Å². The predicted octanol–water partition coefficient (Wildman–Crippen LogP) is 1.59. The number of carbonyl (C=O) groups excluding carboxylic acids is 1. The Morgan fingerprint density at radius 2 is 1.19 bits per heavy atom. The van der Waals surface area contributed by atoms with Crippen molar-refractivity contribution in [3.8, 4) is 34.5 Å². The Balaban J connectivity index is 3.15. The topological polar surface area (TPSA) is 102 Å². The average Bonchev–Trinajstić information content (AvgIpc) is 2.67. The van der Waals surface area contributed by atoms with Crippen molar-refractivity contribution in [2.24, 2.45) is 0 Å². The zero-order valence-corrected chi connectivity index (χ0v) is 16.4. The zero-order valence-electron chi connectivity index (χ0n) is 16.4. The number of methoxy groups -OCH3 is 5. The number of aliphatic hydroxyl groups excluding tert-OH is 1. The summed E-state index contributed by atoms with van der Waals surface area (Å²) < 4.78 is 37.3. The van der Waals surface area contributed by atoms with Gasteiger partial charge in [-0.25, -0.2) is 4.79 Å². The SMILES string of the molecule is C=C(C)C(=O)OCC(O)COc1c(OC)c(OC)c(OC)c(OC)c1OC. The van der Waals surface area contributed by atoms with E-state index in [0.29, 0.717) is 0 Å². The summed E-state index contributed by atoms with van der Waals surface area (Å²) in [6.07, 6.45) is -1.10. The molecule has 1 aromatic carbocycles. The first kappa shape index (κ1) is 22.2. The van der Waals surface area contributed by atoms with E-state index in [-0.39, 0.29) is 53.3 Å². The van der Waals surface area contributed by atoms with Gasteiger partial charge in [0.1, 0.15) is 19.3 Å². The van der Waals surface area contributed by atoms with E-state index in [1.54, 1.807) is 0 Å². The highest BCUT2D eigenvalue weighted by atomic mass is 16.6. The second-order valence-electron chi connectivity index (χ2n) is 5.34. The monoisotopic (exact) mass is 386 g/mol. The number of ether oxygens (including phenoxy) is 7. The van der Waals surface area contributed by atoms with E-state index in [9.17, 15) is 9.90 Å². The number of hydrogen-bond acceptors (Lipinski definition) is 9. The fourth-order valence-corrected chi connectivity index (χ4v) is 2.20. The van der Waals surface area contributed by atoms with Crippen LogP contribution in [0.25, 0.3) is 0 Å². The molecule has 0 bridgehead atoms. The predicted molar refractivity (Wildman–Crippen MR) is 96.5 cm³/mol. The zero-order chi connectivity index (χ0) is 20.6. The van der Waals surface area contributed by atoms with Crippen LogP contribution in [-0.4, -0.2) is 65.9 Å². The number of hydrogen-bond donors (Lipinski definition) is 1. The third-order valence-corrected chi connectivity index (χ3v) is 3.43. The summed E-state index contributed by atoms with van der Waals surface area (Å²) in [5.41, 5.74) is 0.232. The number of aliphatic hydroxyl groups is 1. The highest BCUT2D eigenvalue weighted by Crippen LogP contribution is 2.57. The second kappa shape index (κ2) is 10.4. The van der Waals surface area contributed by atoms with Crippen molar-refractivity contribution in [2.45, 2.75) is 13.0 Å². The fourth-order valence-electron chi connectivity index (χ4n) is 2.20. The molecule has 9 nitrogen and oxygen atoms in total. The van der Waals surface area contributed by atoms with Crippen molar-refractivity contribution < 1.29 is 43.1 Å². The Morgan fingerprint density at radius 3 is 1.52 bits per heavy atom. The lowest BCUT2D eigenvalue weighted by atomic mass is 10.2. The molecule has 0 aliphatic carbocycles. The maximum absolute atomic E-state index is 11.4. The molecule has 1 unspecified atom stereocenters. The maximum Gasteiger partial charge on any atom is 0.333 e. The average molecular weight is 386 g/mol. The largest absolute Gasteiger partial charge is 0.490 e. The van der Waals surface area contributed by atoms with Crippen molar-refractivity contribution >= 4 is 5.97 Å². The van der Waals surface area contributed by atoms with Gasteiger partial charge < -0.3 is 38.3 Å². The van der Waals surface area contributed by atoms with Crippen LogP contribution in [0, 0.1) is 0 Å². The Labute approximate surface area is 158 Å². The van der Waals surface area contributed by atoms with Crippen molar-refractivity contribution in [3.63, 3.8) is 0 Å². The van der Waals surface area contributed by atoms with Gasteiger partial charge in [-0.15, -0.1) is 0 Å². The van der Waals surface area contributed by atoms with Gasteiger partial charge in [0.25, 0.3) is 0 Å². The molecule has 0 aliphatic heterocycles. The first-order valence-corrected chi connectivity index (χ1v) is 7.93. The van der Waals surface area contributed by atoms with Gasteiger partial charge in [-0.2, -0.15) is 0 Å². The van der Waals surface area contributed by atoms with Crippen LogP contribution in [0.15, 0.2) is 12.2 Å². The molecule has 0 spiro atoms. The molecular formula is C18H26O9. The van der Waals surface area contributed by atoms with Gasteiger partial charge >= 0.3 is 5.97 Å². The van der Waals surface area contributed by atoms with Crippen molar-refractivity contribution in [1.29, 1.82) is 0 Å². The summed E-state index contributed by atoms with van der Waals surface area (Å²) >= 11 is 0. The third-order valence-electron chi connectivity index (χ3n) is 3.43. The molecule has 1 atom stereocenters. The van der Waals surface area contributed by atoms with E-state index < -0.39 is 12.1 Å². The fraction of sp³-hybridized carbons (Fsp3) is 0.500. The number of carbonyl (C=O) groups is 1. The van der Waals surface area contributed by atoms with Crippen LogP contribution in [0.1, 0.15) is 6.92 Å². The van der Waals surface area contributed by atoms with Crippen LogP contribution in [0.3, 0.4) is 0 Å². The van der Waals surface area contributed by atoms with Crippen molar-refractivity contribution in [2.75, 3.05) is 48.8 Å². The highest BCUT2D eigenvalue weighted by Gasteiger charge is 2.30. The normalized spacial score (nSPS) is 11.2. The molecule has 1 rings (SSSR count). The summed E-state index contributed by atoms with van der Waals surface area (Å²) in [5.74, 6) is 0.650. The van der Waals surface area contributed by atoms with Crippen LogP contribution in [0.4, 0.5) is 0 Å². The van der Waals surface area contributed by atoms with Gasteiger partial charge in [0.05, 0.1) is 35.5 Å². The molecule has 0 aliphatic rings. The van der Waals surface area contributed by atoms with Crippen molar-refractivity contribution in [3.05, 3.63) is 12.2 Å². The number of rotatable bonds is 11. The molecule has 0 amide bonds. The van der Waals surface area contributed by atoms with Crippen LogP contribution < -0.4 is 28.4 Å². The molecule has 0 saturated heterocycles. The van der Waals surface area contributed by atoms with E-state index in [0.717, 1.165) is 0 Å². The standard InChI is InChI=1S/C18H26O9/c1-10(2)18(20)27-9-11(19)8-26-17-15(24-6)13(22-4)12(21-3)14(23-5)16(17)25-7/h11,19H,1,8-9H2,2-7H3. The molecule has 0 heterocycles. The molecule has 0 fully saturated rings. The van der Waals surface area contributed by atoms with Gasteiger partial charge in [0, 0.05) is 5.57 Å². The first-order chi connectivity index (χ1) is 12.9. The van der Waals surface area contributed by atoms with Gasteiger partial charge in [-0.05, 0) is 6.92 Å². The number of esters is 1. The summed E-state index contributed by atoms with van der Waals surface area (Å²) in [7, 11) is 7.14. The Morgan fingerprint density at radius 1 is 0.815 bits per heavy atom. The smallest absolute Gasteiger partial charge is 0.333 e. The van der Waals surface area contributed by atoms with Gasteiger partial charge in [-0.1, -0.05) is 6.58 Å². The highest BCUT2D eigenvalue weighted by molar-refractivity contribution is 5.86. The molecule has 0 saturated carbocycles. The molecule has 1 aromatic rings. The molecule has 152 valence electrons. The van der Waals surface area contributed by atoms with E-state index in [1.165, 1.54) is 42.5 Å². The maximum atomic E-state index is 11.4. The lowest BCUT2D eigenvalue weighted by molar-refractivity contribution is -0.142. The third kappa shape index (κ3) is 5.10. The minimum Gasteiger partial charge on any atom is -0.490 e. The Hall–Kier alpha value is -2.81. The van der Waals surface area contributed by atoms with E-state index in [4.69, 9.17) is 33.2 Å². The minimum atomic E-state index is -1.10. The second-order valence-corrected chi connectivity index (χ2v) is 5.34. The summed E-state index contributed by atoms with van der Waals surface area (Å²) in [4.78, 5) is 11.4. The molecule has 0 radical (unpaired) electrons. The van der Waals surface area contributed by atoms with Crippen LogP contribution >= 0.6 is 0 Å². The molecule has 27 heavy (non-hydrogen) atoms. The van der Waals surface area contributed by atoms with Crippen LogP contribution in [0.2, 0.25) is 0 Å². The van der Waals surface area contributed by atoms with E-state index >= 15 is 0 Å². The Kier molecular flexibility index (Phi) is 8.53. The minimum absolute atomic E-state index is 0.139. The first-order valence-electron chi connectivity index (χ1n) is 7.93. The van der Waals surface area contributed by atoms with Crippen LogP contribution in [0.5, 0.6) is 34.5 Å². The summed E-state index contributed by atoms with van der Waals surface area (Å²) in [6, 6.07) is 0. The summed E-state index contributed by atoms with van der Waals surface area (Å²) in [6.45, 7) is 4.50. The van der Waals surface area contributed by atoms with E-state index in [1.807, 2.05) is 0 Å². The molecule has 9 heteroatoms. The van der Waals surface area contributed by atoms with Crippen molar-refractivity contribution in [1.82, 2.24) is 0 Å². The van der Waals surface area contributed by atoms with E-state index in [2.05, 4.69) is 6.58 Å². The molecular weight excluding hydrogens is 360 g/mol. The Bertz CT molecular complexity index is 636. The summed E-state index contributed by atoms with van der Waals surface area (Å²) in [5, 5.41) is 10.0.